The van der Waals surface area contributed by atoms with Gasteiger partial charge in [-0.1, -0.05) is 7.43 Å². The van der Waals surface area contributed by atoms with Crippen molar-refractivity contribution in [3.8, 4) is 18.2 Å². The molecule has 11 rings (SSSR count). The predicted octanol–water partition coefficient (Wildman–Crippen LogP) is 12.3. The summed E-state index contributed by atoms with van der Waals surface area (Å²) < 4.78 is 18.0. The fourth-order valence-corrected chi connectivity index (χ4v) is 8.71. The summed E-state index contributed by atoms with van der Waals surface area (Å²) >= 11 is 0. The average Bonchev–Trinajstić information content (AvgIpc) is 4.07. The van der Waals surface area contributed by atoms with Crippen molar-refractivity contribution < 1.29 is 13.6 Å². The van der Waals surface area contributed by atoms with Gasteiger partial charge in [0.2, 0.25) is 0 Å². The van der Waals surface area contributed by atoms with E-state index in [-0.39, 0.29) is 13.2 Å². The van der Waals surface area contributed by atoms with Gasteiger partial charge in [-0.25, -0.2) is 4.39 Å². The average molecular weight is 896 g/mol. The van der Waals surface area contributed by atoms with Crippen LogP contribution in [0, 0.1) is 39.8 Å². The quantitative estimate of drug-likeness (QED) is 0.111. The molecular weight excluding hydrogens is 826 g/mol. The third-order valence-corrected chi connectivity index (χ3v) is 12.6. The molecule has 344 valence electrons. The maximum absolute atomic E-state index is 12.1. The molecule has 0 bridgehead atoms. The zero-order valence-corrected chi connectivity index (χ0v) is 39.2. The number of halogens is 1. The molecule has 0 saturated heterocycles. The topological polar surface area (TPSA) is 142 Å². The molecule has 4 aromatic carbocycles. The first kappa shape index (κ1) is 50.5. The Hall–Kier alpha value is -5.51. The van der Waals surface area contributed by atoms with Gasteiger partial charge >= 0.3 is 0 Å². The molecule has 7 saturated carbocycles. The van der Waals surface area contributed by atoms with E-state index in [1.54, 1.807) is 0 Å². The van der Waals surface area contributed by atoms with Crippen molar-refractivity contribution in [2.75, 3.05) is 15.1 Å². The molecule has 0 amide bonds. The van der Waals surface area contributed by atoms with E-state index in [0.29, 0.717) is 23.2 Å². The van der Waals surface area contributed by atoms with Crippen molar-refractivity contribution in [3.05, 3.63) is 125 Å². The van der Waals surface area contributed by atoms with E-state index in [1.807, 2.05) is 54.6 Å². The Morgan fingerprint density at radius 2 is 0.985 bits per heavy atom. The second-order valence-electron chi connectivity index (χ2n) is 19.3. The third-order valence-electron chi connectivity index (χ3n) is 11.4. The van der Waals surface area contributed by atoms with Crippen molar-refractivity contribution in [2.45, 2.75) is 166 Å². The standard InChI is InChI=1S/C13H14N2.C13H15NO.C10H10N2.C7H4FN.C7H16OSi.C3H7N.CH4/c14-9-10-1-3-11(4-2-10)15(12-5-6-12)13-7-8-13;15-9-10-1-3-11(4-2-10)14(12-5-6-12)13-7-8-13;11-7-8-1-3-9(4-2-8)12-10-5-6-10;8-7-3-1-6(5-9)2-4-7;1-7(5-6-7)8-9(2,3)4;4-3-1-2-3;/h1-4,12-13H,5-8H2;1-4,9,12-13H,5-8H2;1-4,10,12H,5-6H2;1-4H;5-6H2,1-4H3;3H,1-2,4H2;1H4. The lowest BCUT2D eigenvalue weighted by Gasteiger charge is -2.24. The third kappa shape index (κ3) is 18.9. The van der Waals surface area contributed by atoms with Crippen LogP contribution >= 0.6 is 0 Å². The Labute approximate surface area is 389 Å². The SMILES string of the molecule is C.CC1(O[Si](C)(C)C)CC1.N#Cc1ccc(F)cc1.N#Cc1ccc(N(C2CC2)C2CC2)cc1.N#Cc1ccc(NC2CC2)cc1.NC1CC1.O=Cc1ccc(N(C2CC2)C2CC2)cc1. The zero-order chi connectivity index (χ0) is 45.7. The summed E-state index contributed by atoms with van der Waals surface area (Å²) in [5.41, 5.74) is 12.0. The molecule has 7 aliphatic rings. The minimum absolute atomic E-state index is 0. The van der Waals surface area contributed by atoms with E-state index in [4.69, 9.17) is 25.9 Å². The molecule has 0 atom stereocenters. The highest BCUT2D eigenvalue weighted by Gasteiger charge is 2.42. The zero-order valence-electron chi connectivity index (χ0n) is 38.2. The molecule has 11 heteroatoms. The van der Waals surface area contributed by atoms with Crippen molar-refractivity contribution >= 4 is 31.7 Å². The van der Waals surface area contributed by atoms with Gasteiger partial charge in [0.05, 0.1) is 40.5 Å². The van der Waals surface area contributed by atoms with Gasteiger partial charge in [-0.2, -0.15) is 15.8 Å². The molecule has 3 N–H and O–H groups in total. The summed E-state index contributed by atoms with van der Waals surface area (Å²) in [6, 6.07) is 39.6. The number of rotatable bonds is 11. The molecule has 7 fully saturated rings. The van der Waals surface area contributed by atoms with Crippen LogP contribution in [0.2, 0.25) is 19.6 Å². The molecule has 65 heavy (non-hydrogen) atoms. The molecular formula is C54H70FN7O2Si. The smallest absolute Gasteiger partial charge is 0.184 e. The molecule has 0 heterocycles. The Morgan fingerprint density at radius 1 is 0.631 bits per heavy atom. The Bertz CT molecular complexity index is 2170. The lowest BCUT2D eigenvalue weighted by molar-refractivity contribution is 0.112. The number of nitrogens with two attached hydrogens (primary N) is 1. The van der Waals surface area contributed by atoms with E-state index < -0.39 is 8.32 Å². The number of nitriles is 3. The van der Waals surface area contributed by atoms with Crippen molar-refractivity contribution in [1.29, 1.82) is 15.8 Å². The molecule has 0 aliphatic heterocycles. The fraction of sp³-hybridized carbons (Fsp3) is 0.481. The highest BCUT2D eigenvalue weighted by atomic mass is 28.4. The van der Waals surface area contributed by atoms with Crippen LogP contribution in [-0.2, 0) is 4.43 Å². The minimum Gasteiger partial charge on any atom is -0.412 e. The largest absolute Gasteiger partial charge is 0.412 e. The lowest BCUT2D eigenvalue weighted by Crippen LogP contribution is -2.31. The summed E-state index contributed by atoms with van der Waals surface area (Å²) in [5, 5.41) is 28.9. The van der Waals surface area contributed by atoms with Gasteiger partial charge in [-0.05, 0) is 214 Å². The van der Waals surface area contributed by atoms with Crippen LogP contribution < -0.4 is 20.9 Å². The van der Waals surface area contributed by atoms with E-state index in [1.165, 1.54) is 126 Å². The monoisotopic (exact) mass is 896 g/mol. The number of hydrogen-bond donors (Lipinski definition) is 2. The number of carbonyl (C=O) groups excluding carboxylic acids is 1. The number of nitrogens with zero attached hydrogens (tertiary/aromatic N) is 5. The molecule has 0 unspecified atom stereocenters. The molecule has 0 aromatic heterocycles. The normalized spacial score (nSPS) is 18.1. The molecule has 0 spiro atoms. The van der Waals surface area contributed by atoms with Crippen LogP contribution in [0.4, 0.5) is 21.5 Å². The van der Waals surface area contributed by atoms with Gasteiger partial charge in [0.1, 0.15) is 12.1 Å². The number of nitrogens with one attached hydrogen (secondary N) is 1. The molecule has 4 aromatic rings. The Morgan fingerprint density at radius 3 is 1.26 bits per heavy atom. The van der Waals surface area contributed by atoms with E-state index in [0.717, 1.165) is 52.8 Å². The molecule has 0 radical (unpaired) electrons. The molecule has 9 nitrogen and oxygen atoms in total. The highest BCUT2D eigenvalue weighted by molar-refractivity contribution is 6.69. The number of carbonyl (C=O) groups is 1. The Kier molecular flexibility index (Phi) is 18.3. The summed E-state index contributed by atoms with van der Waals surface area (Å²) in [5.74, 6) is -0.311. The number of anilines is 3. The summed E-state index contributed by atoms with van der Waals surface area (Å²) in [6.07, 6.45) is 19.3. The first-order chi connectivity index (χ1) is 30.8. The summed E-state index contributed by atoms with van der Waals surface area (Å²) in [7, 11) is -1.23. The second-order valence-corrected chi connectivity index (χ2v) is 23.8. The number of hydrogen-bond acceptors (Lipinski definition) is 9. The van der Waals surface area contributed by atoms with Crippen LogP contribution in [-0.4, -0.2) is 56.5 Å². The van der Waals surface area contributed by atoms with Gasteiger partial charge in [0, 0.05) is 58.9 Å². The van der Waals surface area contributed by atoms with Crippen molar-refractivity contribution in [2.24, 2.45) is 5.73 Å². The first-order valence-electron chi connectivity index (χ1n) is 23.3. The maximum Gasteiger partial charge on any atom is 0.184 e. The van der Waals surface area contributed by atoms with Gasteiger partial charge in [0.15, 0.2) is 8.32 Å². The minimum atomic E-state index is -1.23. The second kappa shape index (κ2) is 23.6. The van der Waals surface area contributed by atoms with Crippen LogP contribution in [0.15, 0.2) is 97.1 Å². The van der Waals surface area contributed by atoms with Gasteiger partial charge < -0.3 is 25.3 Å². The lowest BCUT2D eigenvalue weighted by atomic mass is 10.2. The van der Waals surface area contributed by atoms with Gasteiger partial charge in [-0.15, -0.1) is 0 Å². The first-order valence-corrected chi connectivity index (χ1v) is 26.7. The van der Waals surface area contributed by atoms with E-state index in [9.17, 15) is 9.18 Å². The number of benzene rings is 4. The van der Waals surface area contributed by atoms with Crippen LogP contribution in [0.3, 0.4) is 0 Å². The highest BCUT2D eigenvalue weighted by Crippen LogP contribution is 2.42. The van der Waals surface area contributed by atoms with Crippen LogP contribution in [0.5, 0.6) is 0 Å². The fourth-order valence-electron chi connectivity index (χ4n) is 7.03. The predicted molar refractivity (Wildman–Crippen MR) is 265 cm³/mol. The molecule has 7 aliphatic carbocycles. The van der Waals surface area contributed by atoms with Crippen molar-refractivity contribution in [3.63, 3.8) is 0 Å². The van der Waals surface area contributed by atoms with Gasteiger partial charge in [-0.3, -0.25) is 4.79 Å². The maximum atomic E-state index is 12.1. The Balaban J connectivity index is 0.000000151. The van der Waals surface area contributed by atoms with E-state index in [2.05, 4.69) is 78.1 Å². The van der Waals surface area contributed by atoms with Crippen LogP contribution in [0.25, 0.3) is 0 Å². The van der Waals surface area contributed by atoms with Gasteiger partial charge in [0.25, 0.3) is 0 Å². The van der Waals surface area contributed by atoms with Crippen molar-refractivity contribution in [1.82, 2.24) is 0 Å². The van der Waals surface area contributed by atoms with E-state index >= 15 is 0 Å². The summed E-state index contributed by atoms with van der Waals surface area (Å²) in [6.45, 7) is 8.95. The van der Waals surface area contributed by atoms with Crippen LogP contribution in [0.1, 0.15) is 131 Å². The number of aldehydes is 1. The summed E-state index contributed by atoms with van der Waals surface area (Å²) in [4.78, 5) is 15.7.